The Morgan fingerprint density at radius 1 is 1.10 bits per heavy atom. The van der Waals surface area contributed by atoms with Gasteiger partial charge in [-0.2, -0.15) is 4.31 Å². The molecule has 1 heterocycles. The topological polar surface area (TPSA) is 75.7 Å². The fourth-order valence-electron chi connectivity index (χ4n) is 3.57. The summed E-state index contributed by atoms with van der Waals surface area (Å²) in [5.41, 5.74) is 1.05. The van der Waals surface area contributed by atoms with E-state index in [1.165, 1.54) is 17.5 Å². The summed E-state index contributed by atoms with van der Waals surface area (Å²) in [5.74, 6) is -2.37. The number of benzene rings is 2. The van der Waals surface area contributed by atoms with Crippen LogP contribution in [0.4, 0.5) is 14.5 Å². The van der Waals surface area contributed by atoms with Crippen LogP contribution in [-0.2, 0) is 14.8 Å². The van der Waals surface area contributed by atoms with Gasteiger partial charge in [-0.15, -0.1) is 0 Å². The number of rotatable bonds is 6. The fourth-order valence-corrected chi connectivity index (χ4v) is 5.23. The van der Waals surface area contributed by atoms with Crippen LogP contribution < -0.4 is 10.1 Å². The molecule has 31 heavy (non-hydrogen) atoms. The minimum atomic E-state index is -3.79. The van der Waals surface area contributed by atoms with E-state index in [1.54, 1.807) is 12.1 Å². The number of carbonyl (C=O) groups is 1. The highest BCUT2D eigenvalue weighted by atomic mass is 32.2. The Labute approximate surface area is 181 Å². The van der Waals surface area contributed by atoms with Crippen molar-refractivity contribution in [3.63, 3.8) is 0 Å². The van der Waals surface area contributed by atoms with Crippen LogP contribution in [0.15, 0.2) is 41.3 Å². The van der Waals surface area contributed by atoms with Crippen LogP contribution in [0.3, 0.4) is 0 Å². The number of hydrogen-bond donors (Lipinski definition) is 1. The van der Waals surface area contributed by atoms with Crippen molar-refractivity contribution >= 4 is 21.6 Å². The van der Waals surface area contributed by atoms with Gasteiger partial charge in [0, 0.05) is 30.8 Å². The molecule has 0 saturated carbocycles. The van der Waals surface area contributed by atoms with Crippen molar-refractivity contribution in [3.05, 3.63) is 53.6 Å². The largest absolute Gasteiger partial charge is 0.495 e. The minimum absolute atomic E-state index is 0.117. The van der Waals surface area contributed by atoms with Crippen molar-refractivity contribution in [1.82, 2.24) is 4.31 Å². The molecule has 0 atom stereocenters. The van der Waals surface area contributed by atoms with Gasteiger partial charge in [0.1, 0.15) is 10.6 Å². The summed E-state index contributed by atoms with van der Waals surface area (Å²) in [6.07, 6.45) is 0.641. The van der Waals surface area contributed by atoms with Gasteiger partial charge in [-0.05, 0) is 48.6 Å². The number of ether oxygens (including phenoxy) is 1. The number of sulfonamides is 1. The smallest absolute Gasteiger partial charge is 0.246 e. The van der Waals surface area contributed by atoms with Crippen LogP contribution in [0.1, 0.15) is 38.2 Å². The quantitative estimate of drug-likeness (QED) is 0.715. The third-order valence-corrected chi connectivity index (χ3v) is 7.40. The average Bonchev–Trinajstić information content (AvgIpc) is 2.75. The lowest BCUT2D eigenvalue weighted by Gasteiger charge is -2.31. The van der Waals surface area contributed by atoms with E-state index in [0.717, 1.165) is 17.7 Å². The zero-order valence-corrected chi connectivity index (χ0v) is 18.5. The molecule has 1 fully saturated rings. The Bertz CT molecular complexity index is 1070. The van der Waals surface area contributed by atoms with Gasteiger partial charge >= 0.3 is 0 Å². The number of nitrogens with one attached hydrogen (secondary N) is 1. The van der Waals surface area contributed by atoms with E-state index in [4.69, 9.17) is 4.74 Å². The second-order valence-electron chi connectivity index (χ2n) is 7.86. The van der Waals surface area contributed by atoms with E-state index in [0.29, 0.717) is 12.8 Å². The van der Waals surface area contributed by atoms with Crippen molar-refractivity contribution in [3.8, 4) is 5.75 Å². The number of anilines is 1. The van der Waals surface area contributed by atoms with Crippen molar-refractivity contribution in [2.24, 2.45) is 5.92 Å². The van der Waals surface area contributed by atoms with Crippen LogP contribution in [0, 0.1) is 17.6 Å². The standard InChI is InChI=1S/C22H26F2N2O4S/c1-14(2)16-4-7-20(30-3)21(12-16)31(28,29)26-10-8-15(9-11-26)22(27)25-17-5-6-18(23)19(24)13-17/h4-7,12-15H,8-11H2,1-3H3,(H,25,27). The Kier molecular flexibility index (Phi) is 6.96. The molecule has 1 aliphatic rings. The van der Waals surface area contributed by atoms with Gasteiger partial charge in [-0.25, -0.2) is 17.2 Å². The van der Waals surface area contributed by atoms with E-state index < -0.39 is 27.6 Å². The molecule has 0 spiro atoms. The zero-order valence-electron chi connectivity index (χ0n) is 17.7. The molecule has 1 saturated heterocycles. The molecule has 168 valence electrons. The van der Waals surface area contributed by atoms with Gasteiger partial charge in [-0.1, -0.05) is 19.9 Å². The lowest BCUT2D eigenvalue weighted by molar-refractivity contribution is -0.120. The summed E-state index contributed by atoms with van der Waals surface area (Å²) in [6.45, 7) is 4.31. The van der Waals surface area contributed by atoms with Gasteiger partial charge in [0.25, 0.3) is 0 Å². The lowest BCUT2D eigenvalue weighted by atomic mass is 9.97. The summed E-state index contributed by atoms with van der Waals surface area (Å²) in [4.78, 5) is 12.6. The molecule has 0 bridgehead atoms. The summed E-state index contributed by atoms with van der Waals surface area (Å²) in [6, 6.07) is 8.28. The number of piperidine rings is 1. The summed E-state index contributed by atoms with van der Waals surface area (Å²) < 4.78 is 59.5. The SMILES string of the molecule is COc1ccc(C(C)C)cc1S(=O)(=O)N1CCC(C(=O)Nc2ccc(F)c(F)c2)CC1. The predicted molar refractivity (Wildman–Crippen MR) is 114 cm³/mol. The minimum Gasteiger partial charge on any atom is -0.495 e. The highest BCUT2D eigenvalue weighted by Crippen LogP contribution is 2.32. The van der Waals surface area contributed by atoms with Gasteiger partial charge < -0.3 is 10.1 Å². The number of carbonyl (C=O) groups excluding carboxylic acids is 1. The number of methoxy groups -OCH3 is 1. The average molecular weight is 453 g/mol. The Morgan fingerprint density at radius 3 is 2.35 bits per heavy atom. The molecule has 1 aliphatic heterocycles. The Balaban J connectivity index is 1.70. The summed E-state index contributed by atoms with van der Waals surface area (Å²) >= 11 is 0. The predicted octanol–water partition coefficient (Wildman–Crippen LogP) is 4.14. The molecule has 1 amide bonds. The highest BCUT2D eigenvalue weighted by Gasteiger charge is 2.34. The third-order valence-electron chi connectivity index (χ3n) is 5.48. The fraction of sp³-hybridized carbons (Fsp3) is 0.409. The molecule has 0 aromatic heterocycles. The molecule has 0 unspecified atom stereocenters. The lowest BCUT2D eigenvalue weighted by Crippen LogP contribution is -2.41. The van der Waals surface area contributed by atoms with Crippen LogP contribution in [0.5, 0.6) is 5.75 Å². The van der Waals surface area contributed by atoms with Gasteiger partial charge in [-0.3, -0.25) is 4.79 Å². The number of nitrogens with zero attached hydrogens (tertiary/aromatic N) is 1. The van der Waals surface area contributed by atoms with Crippen LogP contribution in [0.2, 0.25) is 0 Å². The van der Waals surface area contributed by atoms with Crippen molar-refractivity contribution in [2.45, 2.75) is 37.5 Å². The number of hydrogen-bond acceptors (Lipinski definition) is 4. The summed E-state index contributed by atoms with van der Waals surface area (Å²) in [5, 5.41) is 2.57. The van der Waals surface area contributed by atoms with Crippen LogP contribution >= 0.6 is 0 Å². The molecule has 0 aliphatic carbocycles. The van der Waals surface area contributed by atoms with E-state index in [2.05, 4.69) is 5.32 Å². The molecule has 2 aromatic carbocycles. The first-order valence-corrected chi connectivity index (χ1v) is 11.5. The molecule has 9 heteroatoms. The van der Waals surface area contributed by atoms with Crippen molar-refractivity contribution < 1.29 is 26.7 Å². The second kappa shape index (κ2) is 9.32. The molecule has 6 nitrogen and oxygen atoms in total. The third kappa shape index (κ3) is 5.04. The second-order valence-corrected chi connectivity index (χ2v) is 9.77. The normalized spacial score (nSPS) is 15.8. The van der Waals surface area contributed by atoms with E-state index in [-0.39, 0.29) is 41.2 Å². The van der Waals surface area contributed by atoms with Gasteiger partial charge in [0.2, 0.25) is 15.9 Å². The number of amides is 1. The van der Waals surface area contributed by atoms with Crippen LogP contribution in [0.25, 0.3) is 0 Å². The first-order valence-electron chi connectivity index (χ1n) is 10.1. The monoisotopic (exact) mass is 452 g/mol. The van der Waals surface area contributed by atoms with Crippen molar-refractivity contribution in [1.29, 1.82) is 0 Å². The van der Waals surface area contributed by atoms with E-state index in [1.807, 2.05) is 19.9 Å². The Hall–Kier alpha value is -2.52. The van der Waals surface area contributed by atoms with E-state index >= 15 is 0 Å². The van der Waals surface area contributed by atoms with Crippen LogP contribution in [-0.4, -0.2) is 38.8 Å². The molecular formula is C22H26F2N2O4S. The summed E-state index contributed by atoms with van der Waals surface area (Å²) in [7, 11) is -2.37. The molecule has 3 rings (SSSR count). The maximum atomic E-state index is 13.3. The molecular weight excluding hydrogens is 426 g/mol. The molecule has 1 N–H and O–H groups in total. The maximum absolute atomic E-state index is 13.3. The number of halogens is 2. The maximum Gasteiger partial charge on any atom is 0.246 e. The van der Waals surface area contributed by atoms with Gasteiger partial charge in [0.05, 0.1) is 7.11 Å². The van der Waals surface area contributed by atoms with Gasteiger partial charge in [0.15, 0.2) is 11.6 Å². The first-order chi connectivity index (χ1) is 14.6. The zero-order chi connectivity index (χ0) is 22.8. The first kappa shape index (κ1) is 23.1. The van der Waals surface area contributed by atoms with Crippen molar-refractivity contribution in [2.75, 3.05) is 25.5 Å². The Morgan fingerprint density at radius 2 is 1.77 bits per heavy atom. The highest BCUT2D eigenvalue weighted by molar-refractivity contribution is 7.89. The molecule has 2 aromatic rings. The van der Waals surface area contributed by atoms with E-state index in [9.17, 15) is 22.0 Å². The molecule has 0 radical (unpaired) electrons.